The highest BCUT2D eigenvalue weighted by molar-refractivity contribution is 6.36. The summed E-state index contributed by atoms with van der Waals surface area (Å²) < 4.78 is 5.41. The van der Waals surface area contributed by atoms with Crippen molar-refractivity contribution in [2.24, 2.45) is 5.10 Å². The number of hydrogen-bond donors (Lipinski definition) is 0. The number of furan rings is 1. The fourth-order valence-electron chi connectivity index (χ4n) is 2.38. The number of benzene rings is 1. The average molecular weight is 323 g/mol. The van der Waals surface area contributed by atoms with Gasteiger partial charge in [0.25, 0.3) is 0 Å². The van der Waals surface area contributed by atoms with Gasteiger partial charge in [-0.1, -0.05) is 23.2 Å². The molecule has 1 aliphatic rings. The Morgan fingerprint density at radius 1 is 1.38 bits per heavy atom. The summed E-state index contributed by atoms with van der Waals surface area (Å²) in [5, 5.41) is 6.95. The maximum absolute atomic E-state index is 11.8. The molecule has 1 aromatic carbocycles. The van der Waals surface area contributed by atoms with E-state index in [2.05, 4.69) is 5.10 Å². The molecule has 3 rings (SSSR count). The topological polar surface area (TPSA) is 45.8 Å². The smallest absolute Gasteiger partial charge is 0.240 e. The Kier molecular flexibility index (Phi) is 3.74. The van der Waals surface area contributed by atoms with Gasteiger partial charge in [0.2, 0.25) is 5.91 Å². The van der Waals surface area contributed by atoms with Crippen LogP contribution in [0.25, 0.3) is 0 Å². The molecule has 0 radical (unpaired) electrons. The summed E-state index contributed by atoms with van der Waals surface area (Å²) in [6, 6.07) is 8.57. The molecule has 0 N–H and O–H groups in total. The van der Waals surface area contributed by atoms with Crippen LogP contribution in [-0.2, 0) is 4.79 Å². The van der Waals surface area contributed by atoms with Crippen molar-refractivity contribution in [3.05, 3.63) is 58.0 Å². The van der Waals surface area contributed by atoms with Gasteiger partial charge in [-0.25, -0.2) is 5.01 Å². The lowest BCUT2D eigenvalue weighted by atomic mass is 10.0. The van der Waals surface area contributed by atoms with Crippen LogP contribution in [0.15, 0.2) is 46.1 Å². The Hall–Kier alpha value is -1.78. The van der Waals surface area contributed by atoms with Gasteiger partial charge in [0.1, 0.15) is 11.8 Å². The van der Waals surface area contributed by atoms with E-state index in [1.807, 2.05) is 6.07 Å². The van der Waals surface area contributed by atoms with Crippen molar-refractivity contribution in [2.75, 3.05) is 0 Å². The van der Waals surface area contributed by atoms with Crippen LogP contribution in [0.5, 0.6) is 0 Å². The maximum Gasteiger partial charge on any atom is 0.240 e. The second kappa shape index (κ2) is 5.54. The van der Waals surface area contributed by atoms with E-state index >= 15 is 0 Å². The number of carbonyl (C=O) groups excluding carboxylic acids is 1. The Morgan fingerprint density at radius 2 is 2.19 bits per heavy atom. The fraction of sp³-hybridized carbons (Fsp3) is 0.200. The highest BCUT2D eigenvalue weighted by Crippen LogP contribution is 2.35. The first-order chi connectivity index (χ1) is 10.1. The summed E-state index contributed by atoms with van der Waals surface area (Å²) in [5.41, 5.74) is 1.46. The van der Waals surface area contributed by atoms with Gasteiger partial charge in [-0.2, -0.15) is 5.10 Å². The van der Waals surface area contributed by atoms with Gasteiger partial charge in [-0.3, -0.25) is 4.79 Å². The summed E-state index contributed by atoms with van der Waals surface area (Å²) in [6.07, 6.45) is 2.12. The Morgan fingerprint density at radius 3 is 2.86 bits per heavy atom. The van der Waals surface area contributed by atoms with E-state index in [4.69, 9.17) is 27.6 Å². The van der Waals surface area contributed by atoms with E-state index in [0.717, 1.165) is 11.3 Å². The van der Waals surface area contributed by atoms with Crippen LogP contribution < -0.4 is 0 Å². The van der Waals surface area contributed by atoms with Crippen molar-refractivity contribution >= 4 is 34.8 Å². The van der Waals surface area contributed by atoms with Crippen LogP contribution in [0.3, 0.4) is 0 Å². The number of rotatable bonds is 2. The lowest BCUT2D eigenvalue weighted by Crippen LogP contribution is -2.23. The molecule has 0 fully saturated rings. The molecule has 2 aromatic rings. The minimum absolute atomic E-state index is 0.149. The molecule has 1 aromatic heterocycles. The van der Waals surface area contributed by atoms with Crippen molar-refractivity contribution in [2.45, 2.75) is 19.4 Å². The highest BCUT2D eigenvalue weighted by Gasteiger charge is 2.33. The molecule has 1 aliphatic heterocycles. The van der Waals surface area contributed by atoms with E-state index in [1.165, 1.54) is 11.9 Å². The molecule has 0 saturated heterocycles. The largest absolute Gasteiger partial charge is 0.467 e. The van der Waals surface area contributed by atoms with E-state index in [1.54, 1.807) is 30.5 Å². The van der Waals surface area contributed by atoms with Gasteiger partial charge < -0.3 is 4.42 Å². The molecular formula is C15H12Cl2N2O2. The van der Waals surface area contributed by atoms with Crippen LogP contribution in [0.2, 0.25) is 10.0 Å². The van der Waals surface area contributed by atoms with Gasteiger partial charge in [0.05, 0.1) is 12.0 Å². The van der Waals surface area contributed by atoms with Crippen molar-refractivity contribution in [3.63, 3.8) is 0 Å². The first-order valence-corrected chi connectivity index (χ1v) is 7.18. The number of carbonyl (C=O) groups is 1. The average Bonchev–Trinajstić information content (AvgIpc) is 3.09. The maximum atomic E-state index is 11.8. The van der Waals surface area contributed by atoms with E-state index in [9.17, 15) is 4.79 Å². The summed E-state index contributed by atoms with van der Waals surface area (Å²) >= 11 is 12.2. The van der Waals surface area contributed by atoms with Crippen LogP contribution in [0, 0.1) is 0 Å². The molecule has 1 amide bonds. The van der Waals surface area contributed by atoms with Crippen molar-refractivity contribution in [1.82, 2.24) is 5.01 Å². The third kappa shape index (κ3) is 2.69. The predicted molar refractivity (Wildman–Crippen MR) is 81.6 cm³/mol. The fourth-order valence-corrected chi connectivity index (χ4v) is 2.78. The Labute approximate surface area is 131 Å². The van der Waals surface area contributed by atoms with Gasteiger partial charge >= 0.3 is 0 Å². The summed E-state index contributed by atoms with van der Waals surface area (Å²) in [5.74, 6) is 0.548. The molecule has 1 atom stereocenters. The lowest BCUT2D eigenvalue weighted by molar-refractivity contribution is -0.130. The number of amides is 1. The normalized spacial score (nSPS) is 18.0. The second-order valence-corrected chi connectivity index (χ2v) is 5.61. The summed E-state index contributed by atoms with van der Waals surface area (Å²) in [4.78, 5) is 11.8. The molecule has 4 nitrogen and oxygen atoms in total. The molecule has 108 valence electrons. The first kappa shape index (κ1) is 14.2. The third-order valence-corrected chi connectivity index (χ3v) is 3.91. The third-order valence-electron chi connectivity index (χ3n) is 3.34. The van der Waals surface area contributed by atoms with Crippen LogP contribution >= 0.6 is 23.2 Å². The molecule has 0 unspecified atom stereocenters. The zero-order valence-corrected chi connectivity index (χ0v) is 12.7. The predicted octanol–water partition coefficient (Wildman–Crippen LogP) is 4.28. The minimum atomic E-state index is -0.248. The summed E-state index contributed by atoms with van der Waals surface area (Å²) in [6.45, 7) is 1.47. The van der Waals surface area contributed by atoms with Crippen LogP contribution in [-0.4, -0.2) is 16.6 Å². The molecule has 0 saturated carbocycles. The van der Waals surface area contributed by atoms with Gasteiger partial charge in [0.15, 0.2) is 0 Å². The standard InChI is InChI=1S/C15H12Cl2N2O2/c1-9(20)19-14(15-3-2-6-21-15)8-13(18-19)11-7-10(16)4-5-12(11)17/h2-7,14H,8H2,1H3/t14-/m0/s1. The lowest BCUT2D eigenvalue weighted by Gasteiger charge is -2.17. The molecule has 0 bridgehead atoms. The first-order valence-electron chi connectivity index (χ1n) is 6.42. The number of halogens is 2. The number of hydrazone groups is 1. The van der Waals surface area contributed by atoms with Crippen molar-refractivity contribution in [3.8, 4) is 0 Å². The number of hydrogen-bond acceptors (Lipinski definition) is 3. The molecular weight excluding hydrogens is 311 g/mol. The minimum Gasteiger partial charge on any atom is -0.467 e. The van der Waals surface area contributed by atoms with Crippen LogP contribution in [0.1, 0.15) is 30.7 Å². The second-order valence-electron chi connectivity index (χ2n) is 4.77. The number of nitrogens with zero attached hydrogens (tertiary/aromatic N) is 2. The Bertz CT molecular complexity index is 710. The quantitative estimate of drug-likeness (QED) is 0.828. The monoisotopic (exact) mass is 322 g/mol. The molecule has 0 aliphatic carbocycles. The zero-order valence-electron chi connectivity index (χ0n) is 11.2. The zero-order chi connectivity index (χ0) is 15.0. The van der Waals surface area contributed by atoms with Crippen molar-refractivity contribution in [1.29, 1.82) is 0 Å². The van der Waals surface area contributed by atoms with E-state index < -0.39 is 0 Å². The van der Waals surface area contributed by atoms with Crippen LogP contribution in [0.4, 0.5) is 0 Å². The summed E-state index contributed by atoms with van der Waals surface area (Å²) in [7, 11) is 0. The molecule has 6 heteroatoms. The van der Waals surface area contributed by atoms with E-state index in [-0.39, 0.29) is 11.9 Å². The highest BCUT2D eigenvalue weighted by atomic mass is 35.5. The van der Waals surface area contributed by atoms with Crippen molar-refractivity contribution < 1.29 is 9.21 Å². The van der Waals surface area contributed by atoms with Gasteiger partial charge in [-0.15, -0.1) is 0 Å². The van der Waals surface area contributed by atoms with E-state index in [0.29, 0.717) is 22.2 Å². The molecule has 21 heavy (non-hydrogen) atoms. The SMILES string of the molecule is CC(=O)N1N=C(c2cc(Cl)ccc2Cl)C[C@H]1c1ccco1. The van der Waals surface area contributed by atoms with Gasteiger partial charge in [-0.05, 0) is 30.3 Å². The molecule has 2 heterocycles. The van der Waals surface area contributed by atoms with Gasteiger partial charge in [0, 0.05) is 29.0 Å². The molecule has 0 spiro atoms. The Balaban J connectivity index is 1.99.